The van der Waals surface area contributed by atoms with Gasteiger partial charge >= 0.3 is 0 Å². The van der Waals surface area contributed by atoms with E-state index in [1.165, 1.54) is 0 Å². The van der Waals surface area contributed by atoms with E-state index in [2.05, 4.69) is 33.4 Å². The van der Waals surface area contributed by atoms with Crippen LogP contribution in [0.3, 0.4) is 0 Å². The maximum atomic E-state index is 11.7. The van der Waals surface area contributed by atoms with Crippen molar-refractivity contribution < 1.29 is 14.3 Å². The van der Waals surface area contributed by atoms with E-state index in [1.807, 2.05) is 36.4 Å². The highest BCUT2D eigenvalue weighted by atomic mass is 79.9. The van der Waals surface area contributed by atoms with Crippen LogP contribution in [0.5, 0.6) is 11.5 Å². The minimum Gasteiger partial charge on any atom is -0.494 e. The second-order valence-electron chi connectivity index (χ2n) is 5.31. The number of unbranched alkanes of at least 4 members (excludes halogenated alkanes) is 1. The molecule has 0 atom stereocenters. The SMILES string of the molecule is CCCCOc1ccc(/C=N\NC(=O)COc2ccc(Br)cc2)cc1. The van der Waals surface area contributed by atoms with Crippen LogP contribution in [-0.2, 0) is 4.79 Å². The van der Waals surface area contributed by atoms with E-state index in [1.54, 1.807) is 18.3 Å². The Hall–Kier alpha value is -2.34. The molecule has 0 radical (unpaired) electrons. The van der Waals surface area contributed by atoms with Crippen LogP contribution in [-0.4, -0.2) is 25.3 Å². The van der Waals surface area contributed by atoms with Gasteiger partial charge in [0.2, 0.25) is 0 Å². The summed E-state index contributed by atoms with van der Waals surface area (Å²) in [7, 11) is 0. The highest BCUT2D eigenvalue weighted by Gasteiger charge is 2.01. The molecule has 0 bridgehead atoms. The van der Waals surface area contributed by atoms with Gasteiger partial charge in [0.05, 0.1) is 12.8 Å². The normalized spacial score (nSPS) is 10.6. The van der Waals surface area contributed by atoms with Gasteiger partial charge in [-0.3, -0.25) is 4.79 Å². The van der Waals surface area contributed by atoms with E-state index in [4.69, 9.17) is 9.47 Å². The van der Waals surface area contributed by atoms with Gasteiger partial charge in [0.15, 0.2) is 6.61 Å². The lowest BCUT2D eigenvalue weighted by molar-refractivity contribution is -0.123. The molecule has 2 rings (SSSR count). The molecule has 2 aromatic carbocycles. The number of hydrogen-bond donors (Lipinski definition) is 1. The number of nitrogens with zero attached hydrogens (tertiary/aromatic N) is 1. The van der Waals surface area contributed by atoms with Crippen LogP contribution in [0.15, 0.2) is 58.1 Å². The fourth-order valence-corrected chi connectivity index (χ4v) is 2.14. The third kappa shape index (κ3) is 7.39. The molecule has 0 aromatic heterocycles. The van der Waals surface area contributed by atoms with Gasteiger partial charge in [0.1, 0.15) is 11.5 Å². The van der Waals surface area contributed by atoms with Gasteiger partial charge in [-0.25, -0.2) is 5.43 Å². The van der Waals surface area contributed by atoms with E-state index in [0.717, 1.165) is 35.2 Å². The minimum absolute atomic E-state index is 0.0941. The van der Waals surface area contributed by atoms with Crippen LogP contribution < -0.4 is 14.9 Å². The molecular formula is C19H21BrN2O3. The van der Waals surface area contributed by atoms with Crippen molar-refractivity contribution in [1.29, 1.82) is 0 Å². The molecule has 0 spiro atoms. The molecule has 0 saturated heterocycles. The summed E-state index contributed by atoms with van der Waals surface area (Å²) in [6, 6.07) is 14.8. The Morgan fingerprint density at radius 2 is 1.72 bits per heavy atom. The fourth-order valence-electron chi connectivity index (χ4n) is 1.88. The summed E-state index contributed by atoms with van der Waals surface area (Å²) in [5, 5.41) is 3.92. The van der Waals surface area contributed by atoms with Crippen LogP contribution in [0.4, 0.5) is 0 Å². The van der Waals surface area contributed by atoms with Gasteiger partial charge in [-0.1, -0.05) is 29.3 Å². The third-order valence-electron chi connectivity index (χ3n) is 3.23. The standard InChI is InChI=1S/C19H21BrN2O3/c1-2-3-12-24-17-8-4-15(5-9-17)13-21-22-19(23)14-25-18-10-6-16(20)7-11-18/h4-11,13H,2-3,12,14H2,1H3,(H,22,23)/b21-13-. The van der Waals surface area contributed by atoms with E-state index >= 15 is 0 Å². The number of hydrazone groups is 1. The summed E-state index contributed by atoms with van der Waals surface area (Å²) >= 11 is 3.34. The highest BCUT2D eigenvalue weighted by Crippen LogP contribution is 2.15. The first-order valence-electron chi connectivity index (χ1n) is 8.10. The van der Waals surface area contributed by atoms with Crippen LogP contribution >= 0.6 is 15.9 Å². The second kappa shape index (κ2) is 10.5. The molecular weight excluding hydrogens is 384 g/mol. The molecule has 2 aromatic rings. The Labute approximate surface area is 156 Å². The summed E-state index contributed by atoms with van der Waals surface area (Å²) in [6.07, 6.45) is 3.72. The molecule has 6 heteroatoms. The first-order valence-corrected chi connectivity index (χ1v) is 8.90. The lowest BCUT2D eigenvalue weighted by Gasteiger charge is -2.05. The van der Waals surface area contributed by atoms with Crippen molar-refractivity contribution in [3.63, 3.8) is 0 Å². The van der Waals surface area contributed by atoms with E-state index in [-0.39, 0.29) is 12.5 Å². The minimum atomic E-state index is -0.321. The van der Waals surface area contributed by atoms with E-state index in [0.29, 0.717) is 5.75 Å². The molecule has 1 amide bonds. The van der Waals surface area contributed by atoms with Gasteiger partial charge in [0.25, 0.3) is 5.91 Å². The number of halogens is 1. The molecule has 0 saturated carbocycles. The van der Waals surface area contributed by atoms with Crippen LogP contribution in [0.2, 0.25) is 0 Å². The summed E-state index contributed by atoms with van der Waals surface area (Å²) in [6.45, 7) is 2.75. The van der Waals surface area contributed by atoms with Crippen molar-refractivity contribution in [2.45, 2.75) is 19.8 Å². The number of benzene rings is 2. The Morgan fingerprint density at radius 1 is 1.08 bits per heavy atom. The Bertz CT molecular complexity index is 685. The summed E-state index contributed by atoms with van der Waals surface area (Å²) in [5.74, 6) is 1.14. The molecule has 25 heavy (non-hydrogen) atoms. The quantitative estimate of drug-likeness (QED) is 0.387. The van der Waals surface area contributed by atoms with Gasteiger partial charge in [-0.2, -0.15) is 5.10 Å². The molecule has 0 unspecified atom stereocenters. The smallest absolute Gasteiger partial charge is 0.277 e. The molecule has 1 N–H and O–H groups in total. The number of ether oxygens (including phenoxy) is 2. The predicted octanol–water partition coefficient (Wildman–Crippen LogP) is 4.16. The molecule has 0 heterocycles. The van der Waals surface area contributed by atoms with E-state index in [9.17, 15) is 4.79 Å². The van der Waals surface area contributed by atoms with Crippen molar-refractivity contribution in [2.75, 3.05) is 13.2 Å². The van der Waals surface area contributed by atoms with Crippen LogP contribution in [0.25, 0.3) is 0 Å². The van der Waals surface area contributed by atoms with Crippen molar-refractivity contribution in [2.24, 2.45) is 5.10 Å². The topological polar surface area (TPSA) is 59.9 Å². The lowest BCUT2D eigenvalue weighted by Crippen LogP contribution is -2.24. The zero-order valence-electron chi connectivity index (χ0n) is 14.1. The van der Waals surface area contributed by atoms with Crippen molar-refractivity contribution >= 4 is 28.1 Å². The molecule has 0 fully saturated rings. The summed E-state index contributed by atoms with van der Waals surface area (Å²) in [5.41, 5.74) is 3.31. The van der Waals surface area contributed by atoms with Gasteiger partial charge in [0, 0.05) is 4.47 Å². The van der Waals surface area contributed by atoms with Gasteiger partial charge < -0.3 is 9.47 Å². The Kier molecular flexibility index (Phi) is 7.98. The zero-order chi connectivity index (χ0) is 17.9. The third-order valence-corrected chi connectivity index (χ3v) is 3.76. The van der Waals surface area contributed by atoms with Crippen molar-refractivity contribution in [1.82, 2.24) is 5.43 Å². The van der Waals surface area contributed by atoms with Crippen molar-refractivity contribution in [3.05, 3.63) is 58.6 Å². The fraction of sp³-hybridized carbons (Fsp3) is 0.263. The number of hydrogen-bond acceptors (Lipinski definition) is 4. The highest BCUT2D eigenvalue weighted by molar-refractivity contribution is 9.10. The molecule has 0 aliphatic heterocycles. The summed E-state index contributed by atoms with van der Waals surface area (Å²) < 4.78 is 11.9. The van der Waals surface area contributed by atoms with Gasteiger partial charge in [-0.15, -0.1) is 0 Å². The first kappa shape index (κ1) is 19.0. The van der Waals surface area contributed by atoms with E-state index < -0.39 is 0 Å². The number of rotatable bonds is 9. The first-order chi connectivity index (χ1) is 12.2. The Balaban J connectivity index is 1.72. The second-order valence-corrected chi connectivity index (χ2v) is 6.22. The predicted molar refractivity (Wildman–Crippen MR) is 102 cm³/mol. The summed E-state index contributed by atoms with van der Waals surface area (Å²) in [4.78, 5) is 11.7. The Morgan fingerprint density at radius 3 is 2.40 bits per heavy atom. The average Bonchev–Trinajstić information content (AvgIpc) is 2.63. The molecule has 0 aliphatic carbocycles. The van der Waals surface area contributed by atoms with Crippen molar-refractivity contribution in [3.8, 4) is 11.5 Å². The molecule has 0 aliphatic rings. The van der Waals surface area contributed by atoms with Crippen LogP contribution in [0, 0.1) is 0 Å². The average molecular weight is 405 g/mol. The number of nitrogens with one attached hydrogen (secondary N) is 1. The maximum absolute atomic E-state index is 11.7. The molecule has 132 valence electrons. The number of carbonyl (C=O) groups is 1. The zero-order valence-corrected chi connectivity index (χ0v) is 15.7. The number of amides is 1. The van der Waals surface area contributed by atoms with Crippen LogP contribution in [0.1, 0.15) is 25.3 Å². The lowest BCUT2D eigenvalue weighted by atomic mass is 10.2. The van der Waals surface area contributed by atoms with Gasteiger partial charge in [-0.05, 0) is 60.5 Å². The largest absolute Gasteiger partial charge is 0.494 e. The number of carbonyl (C=O) groups excluding carboxylic acids is 1. The monoisotopic (exact) mass is 404 g/mol. The molecule has 5 nitrogen and oxygen atoms in total. The maximum Gasteiger partial charge on any atom is 0.277 e.